The van der Waals surface area contributed by atoms with Gasteiger partial charge in [-0.3, -0.25) is 9.78 Å². The summed E-state index contributed by atoms with van der Waals surface area (Å²) in [7, 11) is 1.82. The first-order valence-corrected chi connectivity index (χ1v) is 10.3. The molecular weight excluding hydrogens is 388 g/mol. The molecule has 2 aliphatic rings. The van der Waals surface area contributed by atoms with E-state index in [-0.39, 0.29) is 11.3 Å². The number of amides is 1. The van der Waals surface area contributed by atoms with Crippen molar-refractivity contribution in [2.75, 3.05) is 17.7 Å². The first kappa shape index (κ1) is 19.1. The van der Waals surface area contributed by atoms with Crippen LogP contribution in [-0.4, -0.2) is 22.9 Å². The van der Waals surface area contributed by atoms with Crippen LogP contribution in [0.5, 0.6) is 0 Å². The number of pyridine rings is 2. The van der Waals surface area contributed by atoms with Crippen molar-refractivity contribution in [1.29, 1.82) is 5.26 Å². The minimum atomic E-state index is -0.381. The highest BCUT2D eigenvalue weighted by atomic mass is 16.1. The lowest BCUT2D eigenvalue weighted by molar-refractivity contribution is 0.0966. The van der Waals surface area contributed by atoms with Gasteiger partial charge in [0, 0.05) is 31.0 Å². The number of nitrogens with zero attached hydrogens (tertiary/aromatic N) is 3. The van der Waals surface area contributed by atoms with Crippen LogP contribution in [0.1, 0.15) is 40.0 Å². The van der Waals surface area contributed by atoms with Crippen molar-refractivity contribution >= 4 is 23.1 Å². The molecule has 0 saturated heterocycles. The molecule has 154 valence electrons. The second-order valence-corrected chi connectivity index (χ2v) is 8.08. The molecule has 2 aromatic heterocycles. The first-order chi connectivity index (χ1) is 15.0. The van der Waals surface area contributed by atoms with Crippen molar-refractivity contribution in [1.82, 2.24) is 15.3 Å². The molecule has 3 N–H and O–H groups in total. The topological polar surface area (TPSA) is 103 Å². The monoisotopic (exact) mass is 410 g/mol. The van der Waals surface area contributed by atoms with Gasteiger partial charge in [-0.05, 0) is 60.7 Å². The summed E-state index contributed by atoms with van der Waals surface area (Å²) in [5.74, 6) is 0.667. The van der Waals surface area contributed by atoms with Crippen LogP contribution in [0.15, 0.2) is 42.7 Å². The molecule has 31 heavy (non-hydrogen) atoms. The van der Waals surface area contributed by atoms with Crippen molar-refractivity contribution in [3.05, 3.63) is 65.1 Å². The van der Waals surface area contributed by atoms with Gasteiger partial charge in [0.2, 0.25) is 0 Å². The summed E-state index contributed by atoms with van der Waals surface area (Å²) >= 11 is 0. The fourth-order valence-electron chi connectivity index (χ4n) is 4.16. The maximum atomic E-state index is 12.3. The van der Waals surface area contributed by atoms with E-state index in [4.69, 9.17) is 0 Å². The Morgan fingerprint density at radius 2 is 1.97 bits per heavy atom. The van der Waals surface area contributed by atoms with Gasteiger partial charge >= 0.3 is 0 Å². The number of carbonyl (C=O) groups is 1. The van der Waals surface area contributed by atoms with Crippen molar-refractivity contribution in [2.45, 2.75) is 31.7 Å². The predicted molar refractivity (Wildman–Crippen MR) is 119 cm³/mol. The van der Waals surface area contributed by atoms with Crippen LogP contribution in [-0.2, 0) is 12.0 Å². The van der Waals surface area contributed by atoms with Gasteiger partial charge in [-0.15, -0.1) is 0 Å². The Balaban J connectivity index is 1.42. The zero-order chi connectivity index (χ0) is 21.6. The van der Waals surface area contributed by atoms with Crippen LogP contribution < -0.4 is 16.0 Å². The first-order valence-electron chi connectivity index (χ1n) is 10.3. The van der Waals surface area contributed by atoms with E-state index >= 15 is 0 Å². The van der Waals surface area contributed by atoms with Gasteiger partial charge in [-0.2, -0.15) is 5.26 Å². The Morgan fingerprint density at radius 3 is 2.61 bits per heavy atom. The maximum absolute atomic E-state index is 12.3. The normalized spacial score (nSPS) is 15.6. The van der Waals surface area contributed by atoms with Crippen LogP contribution in [0, 0.1) is 18.3 Å². The van der Waals surface area contributed by atoms with Crippen molar-refractivity contribution in [3.8, 4) is 17.2 Å². The van der Waals surface area contributed by atoms with Crippen molar-refractivity contribution in [3.63, 3.8) is 0 Å². The number of hydrogen-bond donors (Lipinski definition) is 3. The van der Waals surface area contributed by atoms with Gasteiger partial charge in [-0.25, -0.2) is 4.98 Å². The zero-order valence-electron chi connectivity index (χ0n) is 17.4. The molecule has 3 heterocycles. The minimum Gasteiger partial charge on any atom is -0.387 e. The SMILES string of the molecule is CNc1ccc(-c2cnc(Nc3ccc(C4(C#N)CC4)nc3)cc2C)c2c1C(=O)NC2. The Labute approximate surface area is 180 Å². The summed E-state index contributed by atoms with van der Waals surface area (Å²) in [4.78, 5) is 21.3. The average molecular weight is 410 g/mol. The van der Waals surface area contributed by atoms with Crippen molar-refractivity contribution < 1.29 is 4.79 Å². The highest BCUT2D eigenvalue weighted by molar-refractivity contribution is 6.05. The van der Waals surface area contributed by atoms with E-state index < -0.39 is 0 Å². The second-order valence-electron chi connectivity index (χ2n) is 8.08. The minimum absolute atomic E-state index is 0.0505. The molecule has 7 heteroatoms. The van der Waals surface area contributed by atoms with Gasteiger partial charge in [-0.1, -0.05) is 6.07 Å². The van der Waals surface area contributed by atoms with E-state index in [9.17, 15) is 10.1 Å². The fourth-order valence-corrected chi connectivity index (χ4v) is 4.16. The Hall–Kier alpha value is -3.92. The summed E-state index contributed by atoms with van der Waals surface area (Å²) < 4.78 is 0. The highest BCUT2D eigenvalue weighted by Gasteiger charge is 2.46. The van der Waals surface area contributed by atoms with Gasteiger partial charge in [0.1, 0.15) is 5.82 Å². The maximum Gasteiger partial charge on any atom is 0.254 e. The number of aromatic nitrogens is 2. The van der Waals surface area contributed by atoms with Crippen molar-refractivity contribution in [2.24, 2.45) is 0 Å². The molecule has 0 unspecified atom stereocenters. The molecule has 1 fully saturated rings. The smallest absolute Gasteiger partial charge is 0.254 e. The number of carbonyl (C=O) groups excluding carboxylic acids is 1. The average Bonchev–Trinajstić information content (AvgIpc) is 3.50. The number of benzene rings is 1. The Kier molecular flexibility index (Phi) is 4.36. The molecule has 1 aromatic carbocycles. The summed E-state index contributed by atoms with van der Waals surface area (Å²) in [5.41, 5.74) is 6.88. The molecule has 7 nitrogen and oxygen atoms in total. The highest BCUT2D eigenvalue weighted by Crippen LogP contribution is 2.46. The van der Waals surface area contributed by atoms with E-state index in [1.165, 1.54) is 0 Å². The largest absolute Gasteiger partial charge is 0.387 e. The number of nitrogens with one attached hydrogen (secondary N) is 3. The summed E-state index contributed by atoms with van der Waals surface area (Å²) in [5, 5.41) is 18.6. The molecule has 0 radical (unpaired) electrons. The summed E-state index contributed by atoms with van der Waals surface area (Å²) in [6, 6.07) is 12.2. The lowest BCUT2D eigenvalue weighted by Crippen LogP contribution is -2.13. The van der Waals surface area contributed by atoms with Gasteiger partial charge < -0.3 is 16.0 Å². The molecule has 5 rings (SSSR count). The second kappa shape index (κ2) is 7.10. The Bertz CT molecular complexity index is 1240. The Morgan fingerprint density at radius 1 is 1.13 bits per heavy atom. The molecule has 1 aliphatic carbocycles. The summed E-state index contributed by atoms with van der Waals surface area (Å²) in [6.45, 7) is 2.55. The summed E-state index contributed by atoms with van der Waals surface area (Å²) in [6.07, 6.45) is 5.35. The molecule has 3 aromatic rings. The fraction of sp³-hybridized carbons (Fsp3) is 0.250. The molecule has 0 atom stereocenters. The third-order valence-corrected chi connectivity index (χ3v) is 6.13. The molecule has 0 spiro atoms. The molecule has 1 aliphatic heterocycles. The van der Waals surface area contributed by atoms with E-state index in [2.05, 4.69) is 32.0 Å². The number of hydrogen-bond acceptors (Lipinski definition) is 6. The number of anilines is 3. The predicted octanol–water partition coefficient (Wildman–Crippen LogP) is 4.04. The number of nitriles is 1. The van der Waals surface area contributed by atoms with Crippen LogP contribution >= 0.6 is 0 Å². The third kappa shape index (κ3) is 3.17. The molecular formula is C24H22N6O. The van der Waals surface area contributed by atoms with E-state index in [0.29, 0.717) is 12.1 Å². The molecule has 0 bridgehead atoms. The van der Waals surface area contributed by atoms with Crippen LogP contribution in [0.4, 0.5) is 17.2 Å². The third-order valence-electron chi connectivity index (χ3n) is 6.13. The molecule has 1 amide bonds. The molecule has 1 saturated carbocycles. The van der Waals surface area contributed by atoms with E-state index in [1.54, 1.807) is 6.20 Å². The van der Waals surface area contributed by atoms with Crippen LogP contribution in [0.3, 0.4) is 0 Å². The quantitative estimate of drug-likeness (QED) is 0.587. The van der Waals surface area contributed by atoms with E-state index in [1.807, 2.05) is 50.5 Å². The number of rotatable bonds is 5. The number of fused-ring (bicyclic) bond motifs is 1. The zero-order valence-corrected chi connectivity index (χ0v) is 17.4. The lowest BCUT2D eigenvalue weighted by atomic mass is 9.94. The number of aryl methyl sites for hydroxylation is 1. The van der Waals surface area contributed by atoms with Crippen LogP contribution in [0.25, 0.3) is 11.1 Å². The lowest BCUT2D eigenvalue weighted by Gasteiger charge is -2.14. The standard InChI is InChI=1S/C24H22N6O/c1-14-9-21(30-15-3-6-20(27-10-15)24(13-25)7-8-24)28-11-17(14)16-4-5-19(26-2)22-18(16)12-29-23(22)31/h3-6,9-11,26H,7-8,12H2,1-2H3,(H,28,30)(H,29,31). The van der Waals surface area contributed by atoms with E-state index in [0.717, 1.165) is 58.0 Å². The van der Waals surface area contributed by atoms with Gasteiger partial charge in [0.25, 0.3) is 5.91 Å². The van der Waals surface area contributed by atoms with Gasteiger partial charge in [0.15, 0.2) is 0 Å². The van der Waals surface area contributed by atoms with Crippen LogP contribution in [0.2, 0.25) is 0 Å². The van der Waals surface area contributed by atoms with Gasteiger partial charge in [0.05, 0.1) is 34.6 Å².